The molecule has 0 spiro atoms. The van der Waals surface area contributed by atoms with E-state index in [2.05, 4.69) is 5.32 Å². The summed E-state index contributed by atoms with van der Waals surface area (Å²) < 4.78 is 25.6. The summed E-state index contributed by atoms with van der Waals surface area (Å²) in [4.78, 5) is 41.4. The highest BCUT2D eigenvalue weighted by molar-refractivity contribution is 7.92. The van der Waals surface area contributed by atoms with Crippen LogP contribution in [0.25, 0.3) is 10.8 Å². The zero-order valence-corrected chi connectivity index (χ0v) is 25.3. The number of nitrogens with one attached hydrogen (secondary N) is 1. The summed E-state index contributed by atoms with van der Waals surface area (Å²) in [6.07, 6.45) is 1.40. The molecule has 0 saturated carbocycles. The number of carbonyl (C=O) groups excluding carboxylic acids is 3. The lowest BCUT2D eigenvalue weighted by molar-refractivity contribution is -0.143. The second-order valence-electron chi connectivity index (χ2n) is 12.3. The fourth-order valence-electron chi connectivity index (χ4n) is 5.35. The first-order valence-corrected chi connectivity index (χ1v) is 15.8. The van der Waals surface area contributed by atoms with Gasteiger partial charge in [0.25, 0.3) is 0 Å². The highest BCUT2D eigenvalue weighted by Crippen LogP contribution is 2.27. The van der Waals surface area contributed by atoms with Crippen LogP contribution >= 0.6 is 0 Å². The second kappa shape index (κ2) is 12.1. The Morgan fingerprint density at radius 3 is 2.27 bits per heavy atom. The first-order valence-electron chi connectivity index (χ1n) is 14.1. The normalized spacial score (nSPS) is 17.1. The standard InChI is InChI=1S/C33H40N2O5S/c1-22(2)30(32(38)35-19-26-13-7-6-12-24(26)18-28(35)20-36)34-31(37)27(21-41(39,40)33(3,4)5)17-25-15-10-14-23-11-8-9-16-29(23)25/h6-16,20,22,27-28,30H,17-19,21H2,1-5H3,(H,34,37)/t27-,28+,30+/m1/s1. The van der Waals surface area contributed by atoms with E-state index >= 15 is 0 Å². The van der Waals surface area contributed by atoms with Crippen molar-refractivity contribution in [2.75, 3.05) is 5.75 Å². The molecule has 3 aromatic rings. The summed E-state index contributed by atoms with van der Waals surface area (Å²) in [7, 11) is -3.66. The highest BCUT2D eigenvalue weighted by atomic mass is 32.2. The van der Waals surface area contributed by atoms with E-state index in [0.717, 1.165) is 33.7 Å². The molecule has 4 rings (SSSR count). The zero-order valence-electron chi connectivity index (χ0n) is 24.5. The highest BCUT2D eigenvalue weighted by Gasteiger charge is 2.39. The number of nitrogens with zero attached hydrogens (tertiary/aromatic N) is 1. The fraction of sp³-hybridized carbons (Fsp3) is 0.424. The average molecular weight is 577 g/mol. The third kappa shape index (κ3) is 6.70. The maximum atomic E-state index is 13.9. The molecule has 1 heterocycles. The molecule has 1 aliphatic rings. The van der Waals surface area contributed by atoms with Crippen molar-refractivity contribution in [3.63, 3.8) is 0 Å². The van der Waals surface area contributed by atoms with E-state index in [-0.39, 0.29) is 30.5 Å². The minimum absolute atomic E-state index is 0.204. The number of fused-ring (bicyclic) bond motifs is 2. The van der Waals surface area contributed by atoms with E-state index in [1.54, 1.807) is 20.8 Å². The number of sulfone groups is 1. The Morgan fingerprint density at radius 2 is 1.61 bits per heavy atom. The first-order chi connectivity index (χ1) is 19.3. The SMILES string of the molecule is CC(C)[C@H](NC(=O)[C@H](Cc1cccc2ccccc12)CS(=O)(=O)C(C)(C)C)C(=O)N1Cc2ccccc2C[C@H]1C=O. The Kier molecular flexibility index (Phi) is 9.02. The molecule has 0 aliphatic carbocycles. The molecule has 2 amide bonds. The third-order valence-electron chi connectivity index (χ3n) is 8.03. The first kappa shape index (κ1) is 30.4. The lowest BCUT2D eigenvalue weighted by atomic mass is 9.92. The van der Waals surface area contributed by atoms with Crippen molar-refractivity contribution in [1.82, 2.24) is 10.2 Å². The van der Waals surface area contributed by atoms with Gasteiger partial charge < -0.3 is 15.0 Å². The van der Waals surface area contributed by atoms with E-state index in [9.17, 15) is 22.8 Å². The Balaban J connectivity index is 1.64. The summed E-state index contributed by atoms with van der Waals surface area (Å²) in [5, 5.41) is 4.87. The van der Waals surface area contributed by atoms with E-state index < -0.39 is 38.5 Å². The summed E-state index contributed by atoms with van der Waals surface area (Å²) in [6.45, 7) is 8.83. The van der Waals surface area contributed by atoms with Gasteiger partial charge in [-0.25, -0.2) is 8.42 Å². The van der Waals surface area contributed by atoms with E-state index in [1.165, 1.54) is 4.90 Å². The minimum Gasteiger partial charge on any atom is -0.344 e. The lowest BCUT2D eigenvalue weighted by Crippen LogP contribution is -2.57. The van der Waals surface area contributed by atoms with Gasteiger partial charge in [-0.15, -0.1) is 0 Å². The summed E-state index contributed by atoms with van der Waals surface area (Å²) in [5.74, 6) is -2.38. The van der Waals surface area contributed by atoms with Gasteiger partial charge in [0.05, 0.1) is 22.5 Å². The van der Waals surface area contributed by atoms with E-state index in [0.29, 0.717) is 6.42 Å². The van der Waals surface area contributed by atoms with Gasteiger partial charge in [-0.2, -0.15) is 0 Å². The van der Waals surface area contributed by atoms with Crippen LogP contribution in [0.2, 0.25) is 0 Å². The molecule has 3 atom stereocenters. The summed E-state index contributed by atoms with van der Waals surface area (Å²) >= 11 is 0. The lowest BCUT2D eigenvalue weighted by Gasteiger charge is -2.37. The average Bonchev–Trinajstić information content (AvgIpc) is 2.93. The minimum atomic E-state index is -3.66. The van der Waals surface area contributed by atoms with Crippen LogP contribution < -0.4 is 5.32 Å². The van der Waals surface area contributed by atoms with Crippen molar-refractivity contribution < 1.29 is 22.8 Å². The molecule has 0 radical (unpaired) electrons. The number of aldehydes is 1. The second-order valence-corrected chi connectivity index (χ2v) is 15.1. The van der Waals surface area contributed by atoms with Crippen LogP contribution in [0.1, 0.15) is 51.3 Å². The van der Waals surface area contributed by atoms with Crippen LogP contribution in [0.3, 0.4) is 0 Å². The molecule has 0 saturated heterocycles. The Bertz CT molecular complexity index is 1540. The van der Waals surface area contributed by atoms with Crippen molar-refractivity contribution >= 4 is 38.7 Å². The predicted octanol–water partition coefficient (Wildman–Crippen LogP) is 4.51. The number of hydrogen-bond acceptors (Lipinski definition) is 5. The maximum absolute atomic E-state index is 13.9. The topological polar surface area (TPSA) is 101 Å². The molecule has 0 aromatic heterocycles. The van der Waals surface area contributed by atoms with Gasteiger partial charge in [0, 0.05) is 13.0 Å². The largest absolute Gasteiger partial charge is 0.344 e. The molecular formula is C33H40N2O5S. The molecule has 1 aliphatic heterocycles. The number of amides is 2. The van der Waals surface area contributed by atoms with Crippen LogP contribution in [0.4, 0.5) is 0 Å². The van der Waals surface area contributed by atoms with E-state index in [1.807, 2.05) is 80.6 Å². The van der Waals surface area contributed by atoms with Crippen molar-refractivity contribution in [2.24, 2.45) is 11.8 Å². The number of benzene rings is 3. The van der Waals surface area contributed by atoms with Crippen molar-refractivity contribution in [3.8, 4) is 0 Å². The quantitative estimate of drug-likeness (QED) is 0.378. The Hall–Kier alpha value is -3.52. The zero-order chi connectivity index (χ0) is 29.9. The van der Waals surface area contributed by atoms with Crippen LogP contribution in [0.15, 0.2) is 66.7 Å². The third-order valence-corrected chi connectivity index (χ3v) is 10.7. The van der Waals surface area contributed by atoms with Crippen molar-refractivity contribution in [2.45, 2.75) is 70.8 Å². The molecule has 0 fully saturated rings. The Labute approximate surface area is 243 Å². The van der Waals surface area contributed by atoms with Crippen LogP contribution in [0, 0.1) is 11.8 Å². The molecule has 1 N–H and O–H groups in total. The van der Waals surface area contributed by atoms with Gasteiger partial charge in [0.2, 0.25) is 11.8 Å². The van der Waals surface area contributed by atoms with Gasteiger partial charge in [0.15, 0.2) is 9.84 Å². The molecule has 0 bridgehead atoms. The maximum Gasteiger partial charge on any atom is 0.246 e. The number of carbonyl (C=O) groups is 3. The smallest absolute Gasteiger partial charge is 0.246 e. The predicted molar refractivity (Wildman–Crippen MR) is 162 cm³/mol. The molecule has 8 heteroatoms. The Morgan fingerprint density at radius 1 is 0.976 bits per heavy atom. The van der Waals surface area contributed by atoms with Gasteiger partial charge in [-0.1, -0.05) is 80.6 Å². The van der Waals surface area contributed by atoms with Crippen LogP contribution in [0.5, 0.6) is 0 Å². The summed E-state index contributed by atoms with van der Waals surface area (Å²) in [5.41, 5.74) is 2.87. The molecule has 7 nitrogen and oxygen atoms in total. The monoisotopic (exact) mass is 576 g/mol. The number of hydrogen-bond donors (Lipinski definition) is 1. The van der Waals surface area contributed by atoms with Gasteiger partial charge >= 0.3 is 0 Å². The van der Waals surface area contributed by atoms with Gasteiger partial charge in [-0.05, 0) is 60.6 Å². The molecule has 218 valence electrons. The van der Waals surface area contributed by atoms with Crippen LogP contribution in [-0.4, -0.2) is 54.0 Å². The van der Waals surface area contributed by atoms with E-state index in [4.69, 9.17) is 0 Å². The van der Waals surface area contributed by atoms with Crippen LogP contribution in [-0.2, 0) is 43.6 Å². The molecule has 41 heavy (non-hydrogen) atoms. The fourth-order valence-corrected chi connectivity index (χ4v) is 6.65. The molecular weight excluding hydrogens is 536 g/mol. The molecule has 0 unspecified atom stereocenters. The van der Waals surface area contributed by atoms with Crippen molar-refractivity contribution in [1.29, 1.82) is 0 Å². The summed E-state index contributed by atoms with van der Waals surface area (Å²) in [6, 6.07) is 19.8. The van der Waals surface area contributed by atoms with Gasteiger partial charge in [-0.3, -0.25) is 9.59 Å². The van der Waals surface area contributed by atoms with Crippen molar-refractivity contribution in [3.05, 3.63) is 83.4 Å². The number of rotatable bonds is 9. The molecule has 3 aromatic carbocycles. The van der Waals surface area contributed by atoms with Gasteiger partial charge in [0.1, 0.15) is 12.3 Å².